The minimum Gasteiger partial charge on any atom is -0.507 e. The summed E-state index contributed by atoms with van der Waals surface area (Å²) < 4.78 is 0. The van der Waals surface area contributed by atoms with Crippen molar-refractivity contribution in [1.29, 1.82) is 0 Å². The van der Waals surface area contributed by atoms with Gasteiger partial charge in [0.15, 0.2) is 0 Å². The number of aromatic carboxylic acids is 1. The van der Waals surface area contributed by atoms with Crippen LogP contribution in [0.3, 0.4) is 0 Å². The average molecular weight is 471 g/mol. The van der Waals surface area contributed by atoms with Crippen molar-refractivity contribution in [2.75, 3.05) is 16.4 Å². The van der Waals surface area contributed by atoms with E-state index in [2.05, 4.69) is 10.6 Å². The Morgan fingerprint density at radius 2 is 1.53 bits per heavy atom. The number of carbonyl (C=O) groups is 3. The molecule has 0 heterocycles. The number of phenols is 1. The Bertz CT molecular complexity index is 1130. The SMILES string of the molecule is O=C(CSCc1ccc(C(=O)Nc2ccc(O)c(C(=O)O)c2)cc1)Nc1ccc(Cl)cc1. The standard InChI is InChI=1S/C23H19ClN2O5S/c24-16-5-7-17(8-6-16)25-21(28)13-32-12-14-1-3-15(4-2-14)22(29)26-18-9-10-20(27)19(11-18)23(30)31/h1-11,27H,12-13H2,(H,25,28)(H,26,29)(H,30,31). The summed E-state index contributed by atoms with van der Waals surface area (Å²) in [6, 6.07) is 17.6. The summed E-state index contributed by atoms with van der Waals surface area (Å²) in [5, 5.41) is 24.6. The number of carbonyl (C=O) groups excluding carboxylic acids is 2. The van der Waals surface area contributed by atoms with E-state index in [1.54, 1.807) is 48.5 Å². The van der Waals surface area contributed by atoms with E-state index in [4.69, 9.17) is 16.7 Å². The maximum Gasteiger partial charge on any atom is 0.339 e. The predicted molar refractivity (Wildman–Crippen MR) is 126 cm³/mol. The summed E-state index contributed by atoms with van der Waals surface area (Å²) in [4.78, 5) is 35.5. The lowest BCUT2D eigenvalue weighted by molar-refractivity contribution is -0.113. The van der Waals surface area contributed by atoms with Crippen molar-refractivity contribution in [3.63, 3.8) is 0 Å². The molecule has 3 aromatic rings. The molecule has 0 saturated heterocycles. The fraction of sp³-hybridized carbons (Fsp3) is 0.0870. The molecule has 0 fully saturated rings. The smallest absolute Gasteiger partial charge is 0.339 e. The van der Waals surface area contributed by atoms with Crippen LogP contribution in [0.2, 0.25) is 5.02 Å². The van der Waals surface area contributed by atoms with Crippen molar-refractivity contribution < 1.29 is 24.6 Å². The Balaban J connectivity index is 1.49. The third-order valence-corrected chi connectivity index (χ3v) is 5.59. The van der Waals surface area contributed by atoms with Crippen LogP contribution in [-0.2, 0) is 10.5 Å². The Morgan fingerprint density at radius 3 is 2.19 bits per heavy atom. The molecule has 0 radical (unpaired) electrons. The van der Waals surface area contributed by atoms with Crippen molar-refractivity contribution in [1.82, 2.24) is 0 Å². The highest BCUT2D eigenvalue weighted by atomic mass is 35.5. The third kappa shape index (κ3) is 6.50. The highest BCUT2D eigenvalue weighted by molar-refractivity contribution is 7.99. The molecular formula is C23H19ClN2O5S. The number of carboxylic acid groups (broad SMARTS) is 1. The van der Waals surface area contributed by atoms with Gasteiger partial charge in [-0.05, 0) is 60.2 Å². The number of amides is 2. The van der Waals surface area contributed by atoms with Gasteiger partial charge in [0.2, 0.25) is 5.91 Å². The summed E-state index contributed by atoms with van der Waals surface area (Å²) in [6.45, 7) is 0. The molecule has 0 unspecified atom stereocenters. The zero-order valence-electron chi connectivity index (χ0n) is 16.7. The van der Waals surface area contributed by atoms with Gasteiger partial charge in [0.05, 0.1) is 5.75 Å². The first kappa shape index (κ1) is 23.2. The van der Waals surface area contributed by atoms with Crippen LogP contribution in [0.1, 0.15) is 26.3 Å². The molecular weight excluding hydrogens is 452 g/mol. The van der Waals surface area contributed by atoms with E-state index < -0.39 is 11.9 Å². The summed E-state index contributed by atoms with van der Waals surface area (Å²) in [7, 11) is 0. The highest BCUT2D eigenvalue weighted by Gasteiger charge is 2.12. The van der Waals surface area contributed by atoms with E-state index >= 15 is 0 Å². The Morgan fingerprint density at radius 1 is 0.875 bits per heavy atom. The monoisotopic (exact) mass is 470 g/mol. The summed E-state index contributed by atoms with van der Waals surface area (Å²) in [6.07, 6.45) is 0. The molecule has 2 amide bonds. The number of anilines is 2. The fourth-order valence-electron chi connectivity index (χ4n) is 2.73. The lowest BCUT2D eigenvalue weighted by Gasteiger charge is -2.08. The van der Waals surface area contributed by atoms with Crippen LogP contribution in [0.5, 0.6) is 5.75 Å². The Kier molecular flexibility index (Phi) is 7.75. The average Bonchev–Trinajstić information content (AvgIpc) is 2.77. The van der Waals surface area contributed by atoms with Crippen molar-refractivity contribution in [3.05, 3.63) is 88.4 Å². The van der Waals surface area contributed by atoms with Crippen molar-refractivity contribution >= 4 is 52.5 Å². The van der Waals surface area contributed by atoms with Gasteiger partial charge in [-0.25, -0.2) is 4.79 Å². The molecule has 0 bridgehead atoms. The van der Waals surface area contributed by atoms with Gasteiger partial charge in [0, 0.05) is 27.7 Å². The van der Waals surface area contributed by atoms with E-state index in [-0.39, 0.29) is 28.7 Å². The van der Waals surface area contributed by atoms with E-state index in [1.807, 2.05) is 0 Å². The number of carboxylic acids is 1. The van der Waals surface area contributed by atoms with E-state index in [9.17, 15) is 19.5 Å². The van der Waals surface area contributed by atoms with Gasteiger partial charge < -0.3 is 20.8 Å². The maximum atomic E-state index is 12.4. The highest BCUT2D eigenvalue weighted by Crippen LogP contribution is 2.22. The van der Waals surface area contributed by atoms with Crippen molar-refractivity contribution in [2.24, 2.45) is 0 Å². The first-order chi connectivity index (χ1) is 15.3. The quantitative estimate of drug-likeness (QED) is 0.349. The third-order valence-electron chi connectivity index (χ3n) is 4.33. The van der Waals surface area contributed by atoms with Crippen molar-refractivity contribution in [3.8, 4) is 5.75 Å². The van der Waals surface area contributed by atoms with Crippen LogP contribution in [0, 0.1) is 0 Å². The van der Waals surface area contributed by atoms with Gasteiger partial charge in [0.1, 0.15) is 11.3 Å². The van der Waals surface area contributed by atoms with Crippen LogP contribution < -0.4 is 10.6 Å². The van der Waals surface area contributed by atoms with E-state index in [0.717, 1.165) is 5.56 Å². The second-order valence-electron chi connectivity index (χ2n) is 6.74. The van der Waals surface area contributed by atoms with Gasteiger partial charge in [-0.1, -0.05) is 23.7 Å². The molecule has 0 aliphatic carbocycles. The van der Waals surface area contributed by atoms with Crippen LogP contribution >= 0.6 is 23.4 Å². The molecule has 7 nitrogen and oxygen atoms in total. The van der Waals surface area contributed by atoms with E-state index in [0.29, 0.717) is 22.0 Å². The molecule has 164 valence electrons. The predicted octanol–water partition coefficient (Wildman–Crippen LogP) is 4.87. The molecule has 0 aliphatic heterocycles. The van der Waals surface area contributed by atoms with Gasteiger partial charge >= 0.3 is 5.97 Å². The second-order valence-corrected chi connectivity index (χ2v) is 8.16. The molecule has 3 rings (SSSR count). The number of nitrogens with one attached hydrogen (secondary N) is 2. The number of aromatic hydroxyl groups is 1. The molecule has 3 aromatic carbocycles. The van der Waals surface area contributed by atoms with Crippen LogP contribution in [0.15, 0.2) is 66.7 Å². The second kappa shape index (κ2) is 10.7. The van der Waals surface area contributed by atoms with Gasteiger partial charge in [-0.15, -0.1) is 11.8 Å². The molecule has 0 aromatic heterocycles. The number of rotatable bonds is 8. The molecule has 0 aliphatic rings. The molecule has 4 N–H and O–H groups in total. The molecule has 0 spiro atoms. The number of halogens is 1. The molecule has 0 atom stereocenters. The first-order valence-electron chi connectivity index (χ1n) is 9.41. The lowest BCUT2D eigenvalue weighted by Crippen LogP contribution is -2.14. The van der Waals surface area contributed by atoms with Gasteiger partial charge in [-0.2, -0.15) is 0 Å². The van der Waals surface area contributed by atoms with Crippen LogP contribution in [-0.4, -0.2) is 33.7 Å². The zero-order valence-corrected chi connectivity index (χ0v) is 18.2. The van der Waals surface area contributed by atoms with Crippen molar-refractivity contribution in [2.45, 2.75) is 5.75 Å². The van der Waals surface area contributed by atoms with Gasteiger partial charge in [-0.3, -0.25) is 9.59 Å². The lowest BCUT2D eigenvalue weighted by atomic mass is 10.1. The summed E-state index contributed by atoms with van der Waals surface area (Å²) in [5.41, 5.74) is 1.99. The normalized spacial score (nSPS) is 10.4. The summed E-state index contributed by atoms with van der Waals surface area (Å²) >= 11 is 7.26. The molecule has 32 heavy (non-hydrogen) atoms. The van der Waals surface area contributed by atoms with Gasteiger partial charge in [0.25, 0.3) is 5.91 Å². The topological polar surface area (TPSA) is 116 Å². The minimum absolute atomic E-state index is 0.122. The Hall–Kier alpha value is -3.49. The number of benzene rings is 3. The number of hydrogen-bond acceptors (Lipinski definition) is 5. The van der Waals surface area contributed by atoms with Crippen LogP contribution in [0.4, 0.5) is 11.4 Å². The Labute approximate surface area is 193 Å². The minimum atomic E-state index is -1.29. The molecule has 9 heteroatoms. The fourth-order valence-corrected chi connectivity index (χ4v) is 3.65. The number of hydrogen-bond donors (Lipinski definition) is 4. The zero-order chi connectivity index (χ0) is 23.1. The summed E-state index contributed by atoms with van der Waals surface area (Å²) in [5.74, 6) is -1.33. The first-order valence-corrected chi connectivity index (χ1v) is 10.9. The number of thioether (sulfide) groups is 1. The molecule has 0 saturated carbocycles. The van der Waals surface area contributed by atoms with Crippen LogP contribution in [0.25, 0.3) is 0 Å². The van der Waals surface area contributed by atoms with E-state index in [1.165, 1.54) is 30.0 Å². The maximum absolute atomic E-state index is 12.4. The largest absolute Gasteiger partial charge is 0.507 e.